The summed E-state index contributed by atoms with van der Waals surface area (Å²) < 4.78 is 9.96. The maximum Gasteiger partial charge on any atom is 0.329 e. The van der Waals surface area contributed by atoms with E-state index in [0.29, 0.717) is 16.9 Å². The van der Waals surface area contributed by atoms with Crippen LogP contribution in [0.15, 0.2) is 54.6 Å². The van der Waals surface area contributed by atoms with Crippen molar-refractivity contribution < 1.29 is 29.0 Å². The molecule has 2 amide bonds. The van der Waals surface area contributed by atoms with E-state index in [1.54, 1.807) is 48.5 Å². The van der Waals surface area contributed by atoms with E-state index in [1.807, 2.05) is 6.07 Å². The summed E-state index contributed by atoms with van der Waals surface area (Å²) in [5, 5.41) is 13.9. The van der Waals surface area contributed by atoms with Gasteiger partial charge in [-0.3, -0.25) is 9.59 Å². The number of amides is 2. The number of hydrogen-bond donors (Lipinski definition) is 3. The first-order valence-electron chi connectivity index (χ1n) is 8.58. The molecule has 0 aliphatic carbocycles. The number of rotatable bonds is 10. The monoisotopic (exact) mass is 386 g/mol. The second-order valence-electron chi connectivity index (χ2n) is 5.78. The summed E-state index contributed by atoms with van der Waals surface area (Å²) in [6.45, 7) is -0.272. The predicted molar refractivity (Wildman–Crippen MR) is 101 cm³/mol. The minimum Gasteiger partial charge on any atom is -0.497 e. The lowest BCUT2D eigenvalue weighted by molar-refractivity contribution is -0.142. The van der Waals surface area contributed by atoms with E-state index < -0.39 is 30.4 Å². The molecule has 28 heavy (non-hydrogen) atoms. The molecule has 0 bridgehead atoms. The normalized spacial score (nSPS) is 11.3. The maximum absolute atomic E-state index is 12.6. The fourth-order valence-electron chi connectivity index (χ4n) is 2.41. The lowest BCUT2D eigenvalue weighted by atomic mass is 10.1. The van der Waals surface area contributed by atoms with Gasteiger partial charge in [0.05, 0.1) is 13.7 Å². The first-order valence-corrected chi connectivity index (χ1v) is 8.58. The Morgan fingerprint density at radius 2 is 1.71 bits per heavy atom. The first-order chi connectivity index (χ1) is 13.5. The van der Waals surface area contributed by atoms with E-state index >= 15 is 0 Å². The Balaban J connectivity index is 2.03. The topological polar surface area (TPSA) is 114 Å². The Kier molecular flexibility index (Phi) is 7.98. The number of carboxylic acids is 1. The van der Waals surface area contributed by atoms with Crippen LogP contribution in [0.1, 0.15) is 22.0 Å². The number of carbonyl (C=O) groups is 3. The van der Waals surface area contributed by atoms with Gasteiger partial charge in [-0.05, 0) is 29.8 Å². The summed E-state index contributed by atoms with van der Waals surface area (Å²) in [7, 11) is 1.53. The van der Waals surface area contributed by atoms with Crippen LogP contribution in [-0.4, -0.2) is 49.8 Å². The van der Waals surface area contributed by atoms with Gasteiger partial charge in [-0.2, -0.15) is 0 Å². The Labute approximate surface area is 162 Å². The Morgan fingerprint density at radius 3 is 2.32 bits per heavy atom. The highest BCUT2D eigenvalue weighted by atomic mass is 16.5. The van der Waals surface area contributed by atoms with Crippen LogP contribution >= 0.6 is 0 Å². The molecule has 8 nitrogen and oxygen atoms in total. The number of carbonyl (C=O) groups excluding carboxylic acids is 2. The number of hydrogen-bond acceptors (Lipinski definition) is 5. The van der Waals surface area contributed by atoms with Crippen molar-refractivity contribution in [3.63, 3.8) is 0 Å². The zero-order valence-corrected chi connectivity index (χ0v) is 15.4. The van der Waals surface area contributed by atoms with Gasteiger partial charge in [0, 0.05) is 12.1 Å². The van der Waals surface area contributed by atoms with Crippen molar-refractivity contribution in [1.82, 2.24) is 10.6 Å². The molecule has 2 aromatic carbocycles. The Hall–Kier alpha value is -3.39. The average Bonchev–Trinajstić information content (AvgIpc) is 2.72. The summed E-state index contributed by atoms with van der Waals surface area (Å²) in [6.07, 6.45) is 0. The average molecular weight is 386 g/mol. The highest BCUT2D eigenvalue weighted by Gasteiger charge is 2.23. The predicted octanol–water partition coefficient (Wildman–Crippen LogP) is 1.38. The Bertz CT molecular complexity index is 792. The molecule has 1 unspecified atom stereocenters. The number of benzene rings is 2. The van der Waals surface area contributed by atoms with E-state index in [4.69, 9.17) is 14.6 Å². The van der Waals surface area contributed by atoms with Crippen LogP contribution in [0.3, 0.4) is 0 Å². The van der Waals surface area contributed by atoms with Crippen LogP contribution < -0.4 is 15.4 Å². The van der Waals surface area contributed by atoms with E-state index in [9.17, 15) is 14.4 Å². The van der Waals surface area contributed by atoms with Crippen LogP contribution in [0.25, 0.3) is 0 Å². The quantitative estimate of drug-likeness (QED) is 0.532. The number of ether oxygens (including phenoxy) is 2. The third-order valence-corrected chi connectivity index (χ3v) is 3.79. The second-order valence-corrected chi connectivity index (χ2v) is 5.78. The maximum atomic E-state index is 12.6. The van der Waals surface area contributed by atoms with Crippen molar-refractivity contribution in [2.75, 3.05) is 26.9 Å². The third kappa shape index (κ3) is 6.40. The van der Waals surface area contributed by atoms with Crippen molar-refractivity contribution in [2.45, 2.75) is 6.04 Å². The molecule has 3 N–H and O–H groups in total. The van der Waals surface area contributed by atoms with E-state index in [0.717, 1.165) is 0 Å². The third-order valence-electron chi connectivity index (χ3n) is 3.79. The Morgan fingerprint density at radius 1 is 1.04 bits per heavy atom. The number of carboxylic acid groups (broad SMARTS) is 1. The summed E-state index contributed by atoms with van der Waals surface area (Å²) in [4.78, 5) is 35.6. The summed E-state index contributed by atoms with van der Waals surface area (Å²) >= 11 is 0. The molecule has 148 valence electrons. The zero-order chi connectivity index (χ0) is 20.4. The van der Waals surface area contributed by atoms with Crippen LogP contribution in [0.4, 0.5) is 0 Å². The first kappa shape index (κ1) is 20.9. The molecule has 0 spiro atoms. The van der Waals surface area contributed by atoms with Gasteiger partial charge >= 0.3 is 5.97 Å². The zero-order valence-electron chi connectivity index (χ0n) is 15.4. The van der Waals surface area contributed by atoms with E-state index in [2.05, 4.69) is 10.6 Å². The van der Waals surface area contributed by atoms with Gasteiger partial charge in [0.15, 0.2) is 0 Å². The molecule has 0 aliphatic heterocycles. The summed E-state index contributed by atoms with van der Waals surface area (Å²) in [6, 6.07) is 14.4. The smallest absolute Gasteiger partial charge is 0.329 e. The summed E-state index contributed by atoms with van der Waals surface area (Å²) in [5.41, 5.74) is 1.01. The standard InChI is InChI=1S/C20H22N2O6/c1-27-16-9-7-15(8-10-16)19(25)22-18(14-5-3-2-4-6-14)20(26)21-11-12-28-13-17(23)24/h2-10,18H,11-13H2,1H3,(H,21,26)(H,22,25)(H,23,24). The largest absolute Gasteiger partial charge is 0.497 e. The molecule has 0 radical (unpaired) electrons. The minimum absolute atomic E-state index is 0.0476. The number of aliphatic carboxylic acids is 1. The van der Waals surface area contributed by atoms with Crippen LogP contribution in [0.5, 0.6) is 5.75 Å². The molecule has 2 aromatic rings. The number of nitrogens with one attached hydrogen (secondary N) is 2. The molecule has 8 heteroatoms. The van der Waals surface area contributed by atoms with Crippen LogP contribution in [0.2, 0.25) is 0 Å². The molecule has 1 atom stereocenters. The van der Waals surface area contributed by atoms with Crippen molar-refractivity contribution in [1.29, 1.82) is 0 Å². The fraction of sp³-hybridized carbons (Fsp3) is 0.250. The van der Waals surface area contributed by atoms with Crippen molar-refractivity contribution in [3.8, 4) is 5.75 Å². The van der Waals surface area contributed by atoms with Crippen LogP contribution in [-0.2, 0) is 14.3 Å². The highest BCUT2D eigenvalue weighted by molar-refractivity contribution is 5.98. The van der Waals surface area contributed by atoms with Crippen LogP contribution in [0, 0.1) is 0 Å². The van der Waals surface area contributed by atoms with E-state index in [-0.39, 0.29) is 13.2 Å². The second kappa shape index (κ2) is 10.7. The van der Waals surface area contributed by atoms with Crippen molar-refractivity contribution >= 4 is 17.8 Å². The van der Waals surface area contributed by atoms with Gasteiger partial charge in [-0.15, -0.1) is 0 Å². The summed E-state index contributed by atoms with van der Waals surface area (Å²) in [5.74, 6) is -1.30. The SMILES string of the molecule is COc1ccc(C(=O)NC(C(=O)NCCOCC(=O)O)c2ccccc2)cc1. The van der Waals surface area contributed by atoms with E-state index in [1.165, 1.54) is 7.11 Å². The van der Waals surface area contributed by atoms with Gasteiger partial charge in [0.1, 0.15) is 18.4 Å². The van der Waals surface area contributed by atoms with Gasteiger partial charge in [0.2, 0.25) is 5.91 Å². The van der Waals surface area contributed by atoms with Gasteiger partial charge in [-0.25, -0.2) is 4.79 Å². The van der Waals surface area contributed by atoms with Gasteiger partial charge in [-0.1, -0.05) is 30.3 Å². The van der Waals surface area contributed by atoms with Crippen molar-refractivity contribution in [3.05, 3.63) is 65.7 Å². The molecule has 0 aromatic heterocycles. The van der Waals surface area contributed by atoms with Gasteiger partial charge in [0.25, 0.3) is 5.91 Å². The molecule has 0 heterocycles. The molecular formula is C20H22N2O6. The minimum atomic E-state index is -1.08. The molecule has 2 rings (SSSR count). The molecule has 0 aliphatic rings. The van der Waals surface area contributed by atoms with Crippen molar-refractivity contribution in [2.24, 2.45) is 0 Å². The highest BCUT2D eigenvalue weighted by Crippen LogP contribution is 2.16. The van der Waals surface area contributed by atoms with Gasteiger partial charge < -0.3 is 25.2 Å². The molecule has 0 fully saturated rings. The molecular weight excluding hydrogens is 364 g/mol. The lowest BCUT2D eigenvalue weighted by Crippen LogP contribution is -2.41. The number of methoxy groups -OCH3 is 1. The molecule has 0 saturated carbocycles. The fourth-order valence-corrected chi connectivity index (χ4v) is 2.41. The lowest BCUT2D eigenvalue weighted by Gasteiger charge is -2.19. The molecule has 0 saturated heterocycles.